The first-order chi connectivity index (χ1) is 10.1. The number of ether oxygens (including phenoxy) is 1. The largest absolute Gasteiger partial charge is 0.491 e. The average Bonchev–Trinajstić information content (AvgIpc) is 2.91. The molecule has 0 spiro atoms. The number of thiocarbonyl (C=S) groups is 1. The van der Waals surface area contributed by atoms with Crippen LogP contribution in [0, 0.1) is 0 Å². The summed E-state index contributed by atoms with van der Waals surface area (Å²) in [5.74, 6) is 0.651. The number of carbonyl (C=O) groups excluding carboxylic acids is 1. The van der Waals surface area contributed by atoms with Gasteiger partial charge in [-0.25, -0.2) is 0 Å². The van der Waals surface area contributed by atoms with Gasteiger partial charge in [-0.1, -0.05) is 42.5 Å². The van der Waals surface area contributed by atoms with Crippen LogP contribution in [0.3, 0.4) is 0 Å². The zero-order chi connectivity index (χ0) is 14.8. The fourth-order valence-electron chi connectivity index (χ4n) is 2.34. The first kappa shape index (κ1) is 13.6. The number of nitrogens with one attached hydrogen (secondary N) is 1. The molecule has 21 heavy (non-hydrogen) atoms. The van der Waals surface area contributed by atoms with Gasteiger partial charge >= 0.3 is 0 Å². The fraction of sp³-hybridized carbons (Fsp3) is 0.125. The van der Waals surface area contributed by atoms with Crippen molar-refractivity contribution in [3.8, 4) is 5.75 Å². The van der Waals surface area contributed by atoms with Crippen molar-refractivity contribution in [2.24, 2.45) is 5.73 Å². The van der Waals surface area contributed by atoms with E-state index in [0.717, 1.165) is 11.3 Å². The third-order valence-corrected chi connectivity index (χ3v) is 3.65. The molecule has 2 aromatic rings. The summed E-state index contributed by atoms with van der Waals surface area (Å²) < 4.78 is 5.55. The van der Waals surface area contributed by atoms with Gasteiger partial charge in [0, 0.05) is 16.7 Å². The van der Waals surface area contributed by atoms with Gasteiger partial charge in [-0.15, -0.1) is 0 Å². The number of para-hydroxylation sites is 1. The van der Waals surface area contributed by atoms with E-state index in [9.17, 15) is 4.79 Å². The van der Waals surface area contributed by atoms with Gasteiger partial charge in [0.15, 0.2) is 0 Å². The Morgan fingerprint density at radius 3 is 2.76 bits per heavy atom. The Labute approximate surface area is 127 Å². The highest BCUT2D eigenvalue weighted by Crippen LogP contribution is 2.31. The highest BCUT2D eigenvalue weighted by molar-refractivity contribution is 7.80. The van der Waals surface area contributed by atoms with Gasteiger partial charge in [0.2, 0.25) is 0 Å². The summed E-state index contributed by atoms with van der Waals surface area (Å²) in [6, 6.07) is 14.5. The van der Waals surface area contributed by atoms with Gasteiger partial charge in [-0.2, -0.15) is 0 Å². The molecule has 2 aromatic carbocycles. The van der Waals surface area contributed by atoms with Gasteiger partial charge in [-0.05, 0) is 18.2 Å². The Kier molecular flexibility index (Phi) is 3.58. The third-order valence-electron chi connectivity index (χ3n) is 3.41. The van der Waals surface area contributed by atoms with Crippen molar-refractivity contribution < 1.29 is 9.53 Å². The Hall–Kier alpha value is -2.40. The van der Waals surface area contributed by atoms with Crippen molar-refractivity contribution in [2.75, 3.05) is 6.61 Å². The summed E-state index contributed by atoms with van der Waals surface area (Å²) in [5.41, 5.74) is 7.80. The van der Waals surface area contributed by atoms with Crippen molar-refractivity contribution in [1.29, 1.82) is 0 Å². The molecule has 106 valence electrons. The molecule has 5 heteroatoms. The molecule has 1 aliphatic heterocycles. The number of nitrogens with two attached hydrogens (primary N) is 1. The monoisotopic (exact) mass is 298 g/mol. The van der Waals surface area contributed by atoms with Crippen LogP contribution in [0.25, 0.3) is 0 Å². The van der Waals surface area contributed by atoms with Crippen LogP contribution in [-0.4, -0.2) is 17.5 Å². The molecule has 0 aliphatic carbocycles. The van der Waals surface area contributed by atoms with E-state index in [1.165, 1.54) is 0 Å². The number of amides is 1. The van der Waals surface area contributed by atoms with Crippen LogP contribution in [-0.2, 0) is 0 Å². The summed E-state index contributed by atoms with van der Waals surface area (Å²) in [7, 11) is 0. The van der Waals surface area contributed by atoms with E-state index in [-0.39, 0.29) is 16.9 Å². The van der Waals surface area contributed by atoms with Crippen LogP contribution < -0.4 is 15.8 Å². The molecular formula is C16H14N2O2S. The van der Waals surface area contributed by atoms with Crippen molar-refractivity contribution in [2.45, 2.75) is 6.04 Å². The Morgan fingerprint density at radius 1 is 1.19 bits per heavy atom. The number of fused-ring (bicyclic) bond motifs is 1. The number of carbonyl (C=O) groups is 1. The highest BCUT2D eigenvalue weighted by Gasteiger charge is 2.25. The van der Waals surface area contributed by atoms with Gasteiger partial charge in [0.1, 0.15) is 17.3 Å². The number of rotatable bonds is 3. The molecule has 0 saturated carbocycles. The van der Waals surface area contributed by atoms with E-state index in [0.29, 0.717) is 17.7 Å². The maximum Gasteiger partial charge on any atom is 0.251 e. The second-order valence-corrected chi connectivity index (χ2v) is 5.26. The molecule has 0 fully saturated rings. The lowest BCUT2D eigenvalue weighted by molar-refractivity contribution is 0.0930. The second-order valence-electron chi connectivity index (χ2n) is 4.82. The zero-order valence-corrected chi connectivity index (χ0v) is 12.0. The summed E-state index contributed by atoms with van der Waals surface area (Å²) in [4.78, 5) is 12.6. The van der Waals surface area contributed by atoms with Gasteiger partial charge in [0.05, 0.1) is 6.04 Å². The molecule has 1 heterocycles. The van der Waals surface area contributed by atoms with Crippen LogP contribution in [0.4, 0.5) is 0 Å². The Bertz CT molecular complexity index is 715. The van der Waals surface area contributed by atoms with Crippen molar-refractivity contribution in [1.82, 2.24) is 5.32 Å². The number of benzene rings is 2. The van der Waals surface area contributed by atoms with Gasteiger partial charge in [0.25, 0.3) is 5.91 Å². The molecule has 3 rings (SSSR count). The van der Waals surface area contributed by atoms with Crippen LogP contribution >= 0.6 is 12.2 Å². The minimum absolute atomic E-state index is 0.137. The Balaban J connectivity index is 1.79. The normalized spacial score (nSPS) is 15.9. The van der Waals surface area contributed by atoms with Crippen LogP contribution in [0.1, 0.15) is 27.5 Å². The number of hydrogen-bond acceptors (Lipinski definition) is 3. The highest BCUT2D eigenvalue weighted by atomic mass is 32.1. The van der Waals surface area contributed by atoms with E-state index in [2.05, 4.69) is 5.32 Å². The predicted molar refractivity (Wildman–Crippen MR) is 84.5 cm³/mol. The molecule has 0 radical (unpaired) electrons. The molecule has 1 aliphatic rings. The molecule has 0 bridgehead atoms. The summed E-state index contributed by atoms with van der Waals surface area (Å²) in [6.45, 7) is 0.445. The lowest BCUT2D eigenvalue weighted by atomic mass is 10.1. The van der Waals surface area contributed by atoms with Gasteiger partial charge < -0.3 is 15.8 Å². The SMILES string of the molecule is NC(=S)c1cccc(C(=O)NC2COc3ccccc32)c1. The zero-order valence-electron chi connectivity index (χ0n) is 11.2. The van der Waals surface area contributed by atoms with Crippen molar-refractivity contribution in [3.05, 3.63) is 65.2 Å². The minimum Gasteiger partial charge on any atom is -0.491 e. The average molecular weight is 298 g/mol. The molecule has 1 unspecified atom stereocenters. The summed E-state index contributed by atoms with van der Waals surface area (Å²) >= 11 is 4.93. The second kappa shape index (κ2) is 5.54. The van der Waals surface area contributed by atoms with E-state index in [1.807, 2.05) is 24.3 Å². The molecule has 0 saturated heterocycles. The first-order valence-corrected chi connectivity index (χ1v) is 6.98. The maximum atomic E-state index is 12.3. The Morgan fingerprint density at radius 2 is 1.95 bits per heavy atom. The predicted octanol–water partition coefficient (Wildman–Crippen LogP) is 2.18. The maximum absolute atomic E-state index is 12.3. The summed E-state index contributed by atoms with van der Waals surface area (Å²) in [5, 5.41) is 2.97. The lowest BCUT2D eigenvalue weighted by Gasteiger charge is -2.12. The van der Waals surface area contributed by atoms with Crippen LogP contribution in [0.2, 0.25) is 0 Å². The van der Waals surface area contributed by atoms with Crippen LogP contribution in [0.15, 0.2) is 48.5 Å². The van der Waals surface area contributed by atoms with Crippen LogP contribution in [0.5, 0.6) is 5.75 Å². The van der Waals surface area contributed by atoms with Gasteiger partial charge in [-0.3, -0.25) is 4.79 Å². The molecule has 1 atom stereocenters. The minimum atomic E-state index is -0.168. The summed E-state index contributed by atoms with van der Waals surface area (Å²) in [6.07, 6.45) is 0. The van der Waals surface area contributed by atoms with E-state index in [1.54, 1.807) is 24.3 Å². The third kappa shape index (κ3) is 2.73. The van der Waals surface area contributed by atoms with Crippen molar-refractivity contribution >= 4 is 23.1 Å². The molecule has 1 amide bonds. The van der Waals surface area contributed by atoms with E-state index < -0.39 is 0 Å². The topological polar surface area (TPSA) is 64.4 Å². The molecule has 4 nitrogen and oxygen atoms in total. The molecule has 0 aromatic heterocycles. The smallest absolute Gasteiger partial charge is 0.251 e. The molecule has 3 N–H and O–H groups in total. The fourth-order valence-corrected chi connectivity index (χ4v) is 2.46. The first-order valence-electron chi connectivity index (χ1n) is 6.57. The van der Waals surface area contributed by atoms with E-state index in [4.69, 9.17) is 22.7 Å². The number of hydrogen-bond donors (Lipinski definition) is 2. The molecular weight excluding hydrogens is 284 g/mol. The van der Waals surface area contributed by atoms with Crippen molar-refractivity contribution in [3.63, 3.8) is 0 Å². The van der Waals surface area contributed by atoms with E-state index >= 15 is 0 Å². The lowest BCUT2D eigenvalue weighted by Crippen LogP contribution is -2.29. The standard InChI is InChI=1S/C16H14N2O2S/c17-15(21)10-4-3-5-11(8-10)16(19)18-13-9-20-14-7-2-1-6-12(13)14/h1-8,13H,9H2,(H2,17,21)(H,18,19). The quantitative estimate of drug-likeness (QED) is 0.853.